The van der Waals surface area contributed by atoms with Gasteiger partial charge in [0.05, 0.1) is 0 Å². The second-order valence-corrected chi connectivity index (χ2v) is 6.20. The van der Waals surface area contributed by atoms with Gasteiger partial charge in [-0.2, -0.15) is 0 Å². The third-order valence-corrected chi connectivity index (χ3v) is 4.08. The van der Waals surface area contributed by atoms with Crippen LogP contribution in [0.3, 0.4) is 0 Å². The van der Waals surface area contributed by atoms with Crippen molar-refractivity contribution in [1.82, 2.24) is 9.80 Å². The van der Waals surface area contributed by atoms with E-state index in [4.69, 9.17) is 0 Å². The summed E-state index contributed by atoms with van der Waals surface area (Å²) in [5.41, 5.74) is 1.42. The molecule has 0 amide bonds. The van der Waals surface area contributed by atoms with Gasteiger partial charge in [-0.1, -0.05) is 13.2 Å². The van der Waals surface area contributed by atoms with Crippen molar-refractivity contribution < 1.29 is 0 Å². The van der Waals surface area contributed by atoms with Crippen molar-refractivity contribution in [2.75, 3.05) is 26.2 Å². The standard InChI is InChI=1S/C14H24N2/c1-6-11(2)15-7-12-9-16(14(3,4)5)10-13(12)8-15/h6,12-13H,1-2,7-10H2,3-5H3. The second kappa shape index (κ2) is 3.92. The SMILES string of the molecule is C=CC(=C)N1CC2CN(C(C)(C)C)CC2C1. The van der Waals surface area contributed by atoms with Gasteiger partial charge in [-0.3, -0.25) is 4.90 Å². The monoisotopic (exact) mass is 220 g/mol. The summed E-state index contributed by atoms with van der Waals surface area (Å²) >= 11 is 0. The van der Waals surface area contributed by atoms with Crippen LogP contribution in [0.15, 0.2) is 24.9 Å². The molecule has 0 aromatic heterocycles. The van der Waals surface area contributed by atoms with E-state index in [9.17, 15) is 0 Å². The fraction of sp³-hybridized carbons (Fsp3) is 0.714. The minimum Gasteiger partial charge on any atom is -0.371 e. The van der Waals surface area contributed by atoms with Crippen LogP contribution in [0, 0.1) is 11.8 Å². The fourth-order valence-electron chi connectivity index (χ4n) is 2.90. The molecule has 0 aromatic rings. The summed E-state index contributed by atoms with van der Waals surface area (Å²) in [5, 5.41) is 0. The van der Waals surface area contributed by atoms with Gasteiger partial charge in [0, 0.05) is 37.4 Å². The number of likely N-dealkylation sites (tertiary alicyclic amines) is 2. The number of rotatable bonds is 2. The molecule has 2 nitrogen and oxygen atoms in total. The van der Waals surface area contributed by atoms with Crippen molar-refractivity contribution in [3.63, 3.8) is 0 Å². The highest BCUT2D eigenvalue weighted by atomic mass is 15.3. The van der Waals surface area contributed by atoms with Crippen molar-refractivity contribution in [3.05, 3.63) is 24.9 Å². The Labute approximate surface area is 99.6 Å². The van der Waals surface area contributed by atoms with E-state index < -0.39 is 0 Å². The molecule has 0 aliphatic carbocycles. The van der Waals surface area contributed by atoms with Crippen LogP contribution < -0.4 is 0 Å². The maximum atomic E-state index is 4.04. The summed E-state index contributed by atoms with van der Waals surface area (Å²) in [5.74, 6) is 1.66. The third kappa shape index (κ3) is 2.03. The highest BCUT2D eigenvalue weighted by molar-refractivity contribution is 5.13. The number of nitrogens with zero attached hydrogens (tertiary/aromatic N) is 2. The molecule has 16 heavy (non-hydrogen) atoms. The van der Waals surface area contributed by atoms with Crippen molar-refractivity contribution in [3.8, 4) is 0 Å². The molecule has 2 saturated heterocycles. The first-order valence-corrected chi connectivity index (χ1v) is 6.23. The first-order chi connectivity index (χ1) is 7.41. The lowest BCUT2D eigenvalue weighted by molar-refractivity contribution is 0.154. The van der Waals surface area contributed by atoms with Crippen molar-refractivity contribution in [1.29, 1.82) is 0 Å². The largest absolute Gasteiger partial charge is 0.371 e. The van der Waals surface area contributed by atoms with Crippen LogP contribution in [0.25, 0.3) is 0 Å². The molecular formula is C14H24N2. The van der Waals surface area contributed by atoms with Gasteiger partial charge in [-0.25, -0.2) is 0 Å². The predicted octanol–water partition coefficient (Wildman–Crippen LogP) is 2.35. The van der Waals surface area contributed by atoms with E-state index in [-0.39, 0.29) is 0 Å². The van der Waals surface area contributed by atoms with Gasteiger partial charge in [0.2, 0.25) is 0 Å². The Bertz CT molecular complexity index is 286. The topological polar surface area (TPSA) is 6.48 Å². The van der Waals surface area contributed by atoms with E-state index in [1.54, 1.807) is 0 Å². The number of hydrogen-bond acceptors (Lipinski definition) is 2. The van der Waals surface area contributed by atoms with Gasteiger partial charge in [-0.05, 0) is 38.7 Å². The predicted molar refractivity (Wildman–Crippen MR) is 69.2 cm³/mol. The molecule has 2 heterocycles. The summed E-state index contributed by atoms with van der Waals surface area (Å²) in [4.78, 5) is 5.01. The molecule has 90 valence electrons. The van der Waals surface area contributed by atoms with E-state index in [0.29, 0.717) is 5.54 Å². The van der Waals surface area contributed by atoms with E-state index in [1.807, 2.05) is 6.08 Å². The summed E-state index contributed by atoms with van der Waals surface area (Å²) in [6.45, 7) is 19.6. The van der Waals surface area contributed by atoms with E-state index in [1.165, 1.54) is 26.2 Å². The first kappa shape index (κ1) is 11.7. The van der Waals surface area contributed by atoms with Crippen LogP contribution in [-0.4, -0.2) is 41.5 Å². The lowest BCUT2D eigenvalue weighted by Gasteiger charge is -2.33. The maximum Gasteiger partial charge on any atom is 0.0287 e. The smallest absolute Gasteiger partial charge is 0.0287 e. The molecule has 2 rings (SSSR count). The molecule has 0 aromatic carbocycles. The Kier molecular flexibility index (Phi) is 2.87. The summed E-state index contributed by atoms with van der Waals surface area (Å²) in [6.07, 6.45) is 1.88. The summed E-state index contributed by atoms with van der Waals surface area (Å²) in [6, 6.07) is 0. The lowest BCUT2D eigenvalue weighted by atomic mass is 10.0. The Morgan fingerprint density at radius 2 is 1.62 bits per heavy atom. The van der Waals surface area contributed by atoms with Gasteiger partial charge in [-0.15, -0.1) is 0 Å². The molecule has 2 fully saturated rings. The number of allylic oxidation sites excluding steroid dienone is 1. The third-order valence-electron chi connectivity index (χ3n) is 4.08. The molecule has 2 unspecified atom stereocenters. The number of fused-ring (bicyclic) bond motifs is 1. The molecular weight excluding hydrogens is 196 g/mol. The van der Waals surface area contributed by atoms with Crippen LogP contribution in [0.4, 0.5) is 0 Å². The maximum absolute atomic E-state index is 4.04. The summed E-state index contributed by atoms with van der Waals surface area (Å²) in [7, 11) is 0. The highest BCUT2D eigenvalue weighted by Crippen LogP contribution is 2.35. The molecule has 0 saturated carbocycles. The minimum atomic E-state index is 0.324. The van der Waals surface area contributed by atoms with E-state index in [2.05, 4.69) is 43.7 Å². The minimum absolute atomic E-state index is 0.324. The molecule has 0 radical (unpaired) electrons. The normalized spacial score (nSPS) is 30.6. The fourth-order valence-corrected chi connectivity index (χ4v) is 2.90. The average Bonchev–Trinajstić information content (AvgIpc) is 2.71. The van der Waals surface area contributed by atoms with Crippen molar-refractivity contribution in [2.45, 2.75) is 26.3 Å². The lowest BCUT2D eigenvalue weighted by Crippen LogP contribution is -2.41. The van der Waals surface area contributed by atoms with Gasteiger partial charge in [0.1, 0.15) is 0 Å². The van der Waals surface area contributed by atoms with Crippen LogP contribution >= 0.6 is 0 Å². The van der Waals surface area contributed by atoms with E-state index >= 15 is 0 Å². The molecule has 0 N–H and O–H groups in total. The van der Waals surface area contributed by atoms with Crippen molar-refractivity contribution >= 4 is 0 Å². The zero-order valence-corrected chi connectivity index (χ0v) is 10.9. The summed E-state index contributed by atoms with van der Waals surface area (Å²) < 4.78 is 0. The van der Waals surface area contributed by atoms with Crippen molar-refractivity contribution in [2.24, 2.45) is 11.8 Å². The quantitative estimate of drug-likeness (QED) is 0.659. The van der Waals surface area contributed by atoms with Gasteiger partial charge < -0.3 is 4.90 Å². The van der Waals surface area contributed by atoms with Crippen LogP contribution in [0.1, 0.15) is 20.8 Å². The van der Waals surface area contributed by atoms with Gasteiger partial charge >= 0.3 is 0 Å². The number of hydrogen-bond donors (Lipinski definition) is 0. The van der Waals surface area contributed by atoms with Gasteiger partial charge in [0.15, 0.2) is 0 Å². The van der Waals surface area contributed by atoms with Crippen LogP contribution in [0.2, 0.25) is 0 Å². The zero-order chi connectivity index (χ0) is 11.9. The molecule has 0 bridgehead atoms. The molecule has 2 atom stereocenters. The Hall–Kier alpha value is -0.760. The first-order valence-electron chi connectivity index (χ1n) is 6.23. The van der Waals surface area contributed by atoms with Crippen LogP contribution in [-0.2, 0) is 0 Å². The Morgan fingerprint density at radius 3 is 2.00 bits per heavy atom. The molecule has 2 aliphatic rings. The molecule has 2 aliphatic heterocycles. The highest BCUT2D eigenvalue weighted by Gasteiger charge is 2.42. The zero-order valence-electron chi connectivity index (χ0n) is 10.9. The Balaban J connectivity index is 1.96. The van der Waals surface area contributed by atoms with Gasteiger partial charge in [0.25, 0.3) is 0 Å². The second-order valence-electron chi connectivity index (χ2n) is 6.20. The molecule has 2 heteroatoms. The average molecular weight is 220 g/mol. The van der Waals surface area contributed by atoms with Crippen LogP contribution in [0.5, 0.6) is 0 Å². The van der Waals surface area contributed by atoms with E-state index in [0.717, 1.165) is 17.5 Å². The Morgan fingerprint density at radius 1 is 1.12 bits per heavy atom. The molecule has 0 spiro atoms.